The van der Waals surface area contributed by atoms with E-state index in [4.69, 9.17) is 4.74 Å². The van der Waals surface area contributed by atoms with Crippen molar-refractivity contribution < 1.29 is 14.6 Å². The van der Waals surface area contributed by atoms with E-state index in [0.717, 1.165) is 38.9 Å². The number of aromatic hydroxyl groups is 1. The van der Waals surface area contributed by atoms with Gasteiger partial charge in [0.1, 0.15) is 12.1 Å². The van der Waals surface area contributed by atoms with Crippen LogP contribution in [0.3, 0.4) is 0 Å². The number of phenolic OH excluding ortho intramolecular Hbond substituents is 1. The van der Waals surface area contributed by atoms with Crippen molar-refractivity contribution in [3.05, 3.63) is 30.1 Å². The minimum absolute atomic E-state index is 0.0870. The third-order valence-corrected chi connectivity index (χ3v) is 5.10. The number of rotatable bonds is 5. The number of carbonyl (C=O) groups is 1. The van der Waals surface area contributed by atoms with Crippen LogP contribution in [0.5, 0.6) is 5.75 Å². The maximum Gasteiger partial charge on any atom is 0.255 e. The lowest BCUT2D eigenvalue weighted by Crippen LogP contribution is -2.59. The lowest BCUT2D eigenvalue weighted by atomic mass is 9.85. The first-order chi connectivity index (χ1) is 12.7. The molecule has 4 rings (SSSR count). The number of phenols is 1. The predicted octanol–water partition coefficient (Wildman–Crippen LogP) is 0.397. The van der Waals surface area contributed by atoms with Gasteiger partial charge in [0.2, 0.25) is 0 Å². The van der Waals surface area contributed by atoms with Gasteiger partial charge in [0, 0.05) is 37.4 Å². The average molecular weight is 358 g/mol. The molecule has 1 saturated carbocycles. The second-order valence-electron chi connectivity index (χ2n) is 6.77. The number of aromatic nitrogens is 4. The third-order valence-electron chi connectivity index (χ3n) is 5.10. The molecule has 1 aliphatic carbocycles. The number of nitrogens with zero attached hydrogens (tertiary/aromatic N) is 4. The molecule has 2 fully saturated rings. The van der Waals surface area contributed by atoms with Crippen LogP contribution in [0.2, 0.25) is 0 Å². The summed E-state index contributed by atoms with van der Waals surface area (Å²) < 4.78 is 6.80. The molecule has 1 amide bonds. The van der Waals surface area contributed by atoms with Gasteiger partial charge in [-0.2, -0.15) is 0 Å². The number of carbonyl (C=O) groups excluding carboxylic acids is 1. The normalized spacial score (nSPS) is 23.4. The molecule has 26 heavy (non-hydrogen) atoms. The van der Waals surface area contributed by atoms with Crippen molar-refractivity contribution in [1.82, 2.24) is 30.8 Å². The maximum atomic E-state index is 12.5. The molecule has 3 N–H and O–H groups in total. The van der Waals surface area contributed by atoms with Crippen molar-refractivity contribution in [2.45, 2.75) is 43.8 Å². The number of nitrogens with one attached hydrogen (secondary N) is 2. The molecule has 1 saturated heterocycles. The molecule has 2 aromatic rings. The van der Waals surface area contributed by atoms with E-state index in [-0.39, 0.29) is 29.3 Å². The van der Waals surface area contributed by atoms with Crippen LogP contribution in [0.4, 0.5) is 0 Å². The van der Waals surface area contributed by atoms with Gasteiger partial charge < -0.3 is 20.5 Å². The molecule has 2 heterocycles. The summed E-state index contributed by atoms with van der Waals surface area (Å²) in [7, 11) is 0. The molecule has 0 radical (unpaired) electrons. The predicted molar refractivity (Wildman–Crippen MR) is 92.1 cm³/mol. The van der Waals surface area contributed by atoms with E-state index < -0.39 is 0 Å². The van der Waals surface area contributed by atoms with Gasteiger partial charge in [-0.25, -0.2) is 4.68 Å². The van der Waals surface area contributed by atoms with E-state index in [2.05, 4.69) is 26.2 Å². The third kappa shape index (κ3) is 3.54. The molecule has 1 aliphatic heterocycles. The average Bonchev–Trinajstić information content (AvgIpc) is 3.18. The smallest absolute Gasteiger partial charge is 0.255 e. The molecule has 9 heteroatoms. The lowest BCUT2D eigenvalue weighted by Gasteiger charge is -2.41. The van der Waals surface area contributed by atoms with Gasteiger partial charge in [-0.3, -0.25) is 4.79 Å². The minimum Gasteiger partial charge on any atom is -0.507 e. The molecule has 9 nitrogen and oxygen atoms in total. The number of amides is 1. The summed E-state index contributed by atoms with van der Waals surface area (Å²) in [4.78, 5) is 12.5. The van der Waals surface area contributed by atoms with E-state index in [1.165, 1.54) is 17.1 Å². The van der Waals surface area contributed by atoms with E-state index in [9.17, 15) is 9.90 Å². The highest BCUT2D eigenvalue weighted by Gasteiger charge is 2.34. The molecule has 0 unspecified atom stereocenters. The molecule has 1 aromatic heterocycles. The first kappa shape index (κ1) is 16.9. The Kier molecular flexibility index (Phi) is 4.81. The van der Waals surface area contributed by atoms with E-state index >= 15 is 0 Å². The molecule has 138 valence electrons. The highest BCUT2D eigenvalue weighted by molar-refractivity contribution is 5.97. The Morgan fingerprint density at radius 1 is 1.19 bits per heavy atom. The Bertz CT molecular complexity index is 760. The summed E-state index contributed by atoms with van der Waals surface area (Å²) in [6.07, 6.45) is 5.44. The summed E-state index contributed by atoms with van der Waals surface area (Å²) in [6.45, 7) is 1.59. The van der Waals surface area contributed by atoms with Crippen molar-refractivity contribution in [3.8, 4) is 11.4 Å². The summed E-state index contributed by atoms with van der Waals surface area (Å²) in [5, 5.41) is 27.7. The van der Waals surface area contributed by atoms with Crippen molar-refractivity contribution in [3.63, 3.8) is 0 Å². The van der Waals surface area contributed by atoms with Crippen LogP contribution in [-0.4, -0.2) is 62.6 Å². The summed E-state index contributed by atoms with van der Waals surface area (Å²) >= 11 is 0. The first-order valence-electron chi connectivity index (χ1n) is 8.92. The minimum atomic E-state index is -0.269. The summed E-state index contributed by atoms with van der Waals surface area (Å²) in [5.41, 5.74) is 0.838. The number of ether oxygens (including phenoxy) is 1. The van der Waals surface area contributed by atoms with Crippen LogP contribution < -0.4 is 10.6 Å². The molecular formula is C17H22N6O3. The SMILES string of the molecule is O=C(N[C@@H]1CC[C@@H]1NC1CCOCC1)c1ccc(-n2cnnn2)cc1O. The fraction of sp³-hybridized carbons (Fsp3) is 0.529. The maximum absolute atomic E-state index is 12.5. The Hall–Kier alpha value is -2.52. The van der Waals surface area contributed by atoms with Gasteiger partial charge >= 0.3 is 0 Å². The monoisotopic (exact) mass is 358 g/mol. The van der Waals surface area contributed by atoms with E-state index in [1.54, 1.807) is 12.1 Å². The second kappa shape index (κ2) is 7.38. The number of hydrogen-bond donors (Lipinski definition) is 3. The fourth-order valence-electron chi connectivity index (χ4n) is 3.42. The zero-order chi connectivity index (χ0) is 17.9. The van der Waals surface area contributed by atoms with Crippen molar-refractivity contribution >= 4 is 5.91 Å². The van der Waals surface area contributed by atoms with Gasteiger partial charge in [-0.05, 0) is 48.2 Å². The molecule has 0 spiro atoms. The molecule has 2 aliphatic rings. The van der Waals surface area contributed by atoms with Crippen LogP contribution in [0, 0.1) is 0 Å². The van der Waals surface area contributed by atoms with Gasteiger partial charge in [0.05, 0.1) is 11.3 Å². The number of tetrazole rings is 1. The highest BCUT2D eigenvalue weighted by atomic mass is 16.5. The van der Waals surface area contributed by atoms with Crippen molar-refractivity contribution in [2.24, 2.45) is 0 Å². The van der Waals surface area contributed by atoms with E-state index in [1.807, 2.05) is 0 Å². The summed E-state index contributed by atoms with van der Waals surface area (Å²) in [5.74, 6) is -0.363. The van der Waals surface area contributed by atoms with Crippen molar-refractivity contribution in [2.75, 3.05) is 13.2 Å². The van der Waals surface area contributed by atoms with Crippen LogP contribution in [0.15, 0.2) is 24.5 Å². The van der Waals surface area contributed by atoms with E-state index in [0.29, 0.717) is 11.7 Å². The fourth-order valence-corrected chi connectivity index (χ4v) is 3.42. The van der Waals surface area contributed by atoms with Crippen LogP contribution in [0.1, 0.15) is 36.0 Å². The summed E-state index contributed by atoms with van der Waals surface area (Å²) in [6, 6.07) is 5.58. The van der Waals surface area contributed by atoms with Crippen LogP contribution in [-0.2, 0) is 4.74 Å². The second-order valence-corrected chi connectivity index (χ2v) is 6.77. The standard InChI is InChI=1S/C17H22N6O3/c24-16-9-12(23-10-18-21-22-23)1-2-13(16)17(25)20-15-4-3-14(15)19-11-5-7-26-8-6-11/h1-2,9-11,14-15,19,24H,3-8H2,(H,20,25)/t14-,15+/m0/s1. The van der Waals surface area contributed by atoms with Crippen molar-refractivity contribution in [1.29, 1.82) is 0 Å². The first-order valence-corrected chi connectivity index (χ1v) is 8.92. The Balaban J connectivity index is 1.37. The highest BCUT2D eigenvalue weighted by Crippen LogP contribution is 2.25. The zero-order valence-electron chi connectivity index (χ0n) is 14.3. The van der Waals surface area contributed by atoms with Gasteiger partial charge in [-0.15, -0.1) is 5.10 Å². The number of benzene rings is 1. The number of hydrogen-bond acceptors (Lipinski definition) is 7. The largest absolute Gasteiger partial charge is 0.507 e. The van der Waals surface area contributed by atoms with Crippen LogP contribution >= 0.6 is 0 Å². The lowest BCUT2D eigenvalue weighted by molar-refractivity contribution is 0.0652. The zero-order valence-corrected chi connectivity index (χ0v) is 14.3. The topological polar surface area (TPSA) is 114 Å². The van der Waals surface area contributed by atoms with Crippen LogP contribution in [0.25, 0.3) is 5.69 Å². The van der Waals surface area contributed by atoms with Gasteiger partial charge in [0.25, 0.3) is 5.91 Å². The molecule has 2 atom stereocenters. The Morgan fingerprint density at radius 3 is 2.65 bits per heavy atom. The molecule has 1 aromatic carbocycles. The van der Waals surface area contributed by atoms with Gasteiger partial charge in [0.15, 0.2) is 0 Å². The Morgan fingerprint density at radius 2 is 2.00 bits per heavy atom. The quantitative estimate of drug-likeness (QED) is 0.709. The molecule has 0 bridgehead atoms. The Labute approximate surface area is 150 Å². The van der Waals surface area contributed by atoms with Gasteiger partial charge in [-0.1, -0.05) is 0 Å². The molecular weight excluding hydrogens is 336 g/mol.